The van der Waals surface area contributed by atoms with Crippen molar-refractivity contribution in [2.75, 3.05) is 0 Å². The Kier molecular flexibility index (Phi) is 4.23. The zero-order valence-corrected chi connectivity index (χ0v) is 11.1. The molecule has 1 aliphatic rings. The molecule has 0 radical (unpaired) electrons. The van der Waals surface area contributed by atoms with E-state index in [2.05, 4.69) is 32.6 Å². The highest BCUT2D eigenvalue weighted by Gasteiger charge is 2.19. The van der Waals surface area contributed by atoms with Crippen LogP contribution in [0.2, 0.25) is 19.6 Å². The zero-order chi connectivity index (χ0) is 10.6. The van der Waals surface area contributed by atoms with Crippen molar-refractivity contribution in [2.24, 2.45) is 5.92 Å². The maximum absolute atomic E-state index is 6.09. The fourth-order valence-corrected chi connectivity index (χ4v) is 2.89. The first-order valence-corrected chi connectivity index (χ1v) is 9.32. The Morgan fingerprint density at radius 1 is 1.36 bits per heavy atom. The minimum Gasteiger partial charge on any atom is -0.548 e. The van der Waals surface area contributed by atoms with Gasteiger partial charge in [0.15, 0.2) is 0 Å². The van der Waals surface area contributed by atoms with Gasteiger partial charge in [0, 0.05) is 6.42 Å². The van der Waals surface area contributed by atoms with Gasteiger partial charge in [-0.1, -0.05) is 13.3 Å². The quantitative estimate of drug-likeness (QED) is 0.633. The molecular weight excluding hydrogens is 188 g/mol. The van der Waals surface area contributed by atoms with E-state index in [4.69, 9.17) is 4.43 Å². The Hall–Kier alpha value is -0.243. The molecule has 0 bridgehead atoms. The average Bonchev–Trinajstić information content (AvgIpc) is 2.26. The summed E-state index contributed by atoms with van der Waals surface area (Å²) >= 11 is 0. The summed E-state index contributed by atoms with van der Waals surface area (Å²) in [6.07, 6.45) is 8.86. The third kappa shape index (κ3) is 4.31. The van der Waals surface area contributed by atoms with Crippen molar-refractivity contribution in [2.45, 2.75) is 58.7 Å². The van der Waals surface area contributed by atoms with Crippen LogP contribution in [-0.2, 0) is 4.43 Å². The van der Waals surface area contributed by atoms with Gasteiger partial charge in [0.25, 0.3) is 0 Å². The largest absolute Gasteiger partial charge is 0.548 e. The summed E-state index contributed by atoms with van der Waals surface area (Å²) in [5.41, 5.74) is 0. The van der Waals surface area contributed by atoms with Crippen molar-refractivity contribution in [1.29, 1.82) is 0 Å². The summed E-state index contributed by atoms with van der Waals surface area (Å²) in [6, 6.07) is 0. The van der Waals surface area contributed by atoms with Crippen LogP contribution in [-0.4, -0.2) is 8.32 Å². The second kappa shape index (κ2) is 5.01. The van der Waals surface area contributed by atoms with Crippen molar-refractivity contribution < 1.29 is 4.43 Å². The summed E-state index contributed by atoms with van der Waals surface area (Å²) < 4.78 is 6.09. The fraction of sp³-hybridized carbons (Fsp3) is 0.833. The lowest BCUT2D eigenvalue weighted by Gasteiger charge is -2.22. The highest BCUT2D eigenvalue weighted by molar-refractivity contribution is 6.70. The van der Waals surface area contributed by atoms with Gasteiger partial charge in [-0.15, -0.1) is 0 Å². The molecule has 0 spiro atoms. The Balaban J connectivity index is 2.60. The van der Waals surface area contributed by atoms with Crippen LogP contribution in [0.3, 0.4) is 0 Å². The molecule has 0 aromatic heterocycles. The molecule has 1 atom stereocenters. The van der Waals surface area contributed by atoms with Gasteiger partial charge in [-0.3, -0.25) is 0 Å². The topological polar surface area (TPSA) is 9.23 Å². The third-order valence-corrected chi connectivity index (χ3v) is 3.51. The maximum Gasteiger partial charge on any atom is 0.241 e. The minimum atomic E-state index is -1.38. The van der Waals surface area contributed by atoms with Crippen LogP contribution in [0.5, 0.6) is 0 Å². The molecule has 0 aliphatic heterocycles. The molecule has 0 amide bonds. The van der Waals surface area contributed by atoms with Gasteiger partial charge in [0.2, 0.25) is 8.32 Å². The number of rotatable bonds is 3. The Morgan fingerprint density at radius 2 is 2.07 bits per heavy atom. The molecule has 0 aromatic rings. The molecule has 82 valence electrons. The highest BCUT2D eigenvalue weighted by atomic mass is 28.4. The molecule has 1 unspecified atom stereocenters. The van der Waals surface area contributed by atoms with E-state index in [9.17, 15) is 0 Å². The summed E-state index contributed by atoms with van der Waals surface area (Å²) in [7, 11) is -1.38. The summed E-state index contributed by atoms with van der Waals surface area (Å²) in [5, 5.41) is 0. The number of allylic oxidation sites excluding steroid dienone is 2. The van der Waals surface area contributed by atoms with E-state index in [1.165, 1.54) is 37.9 Å². The Labute approximate surface area is 89.7 Å². The van der Waals surface area contributed by atoms with E-state index in [1.54, 1.807) is 0 Å². The second-order valence-corrected chi connectivity index (χ2v) is 9.69. The molecule has 0 heterocycles. The minimum absolute atomic E-state index is 0.767. The van der Waals surface area contributed by atoms with Crippen molar-refractivity contribution in [3.63, 3.8) is 0 Å². The lowest BCUT2D eigenvalue weighted by Crippen LogP contribution is -2.24. The second-order valence-electron chi connectivity index (χ2n) is 5.26. The van der Waals surface area contributed by atoms with Gasteiger partial charge >= 0.3 is 0 Å². The lowest BCUT2D eigenvalue weighted by atomic mass is 10.0. The monoisotopic (exact) mass is 212 g/mol. The smallest absolute Gasteiger partial charge is 0.241 e. The first kappa shape index (κ1) is 11.8. The molecular formula is C12H24OSi. The average molecular weight is 212 g/mol. The molecule has 0 fully saturated rings. The first-order valence-electron chi connectivity index (χ1n) is 5.91. The lowest BCUT2D eigenvalue weighted by molar-refractivity contribution is 0.394. The van der Waals surface area contributed by atoms with Crippen molar-refractivity contribution in [1.82, 2.24) is 0 Å². The van der Waals surface area contributed by atoms with Gasteiger partial charge < -0.3 is 4.43 Å². The number of hydrogen-bond acceptors (Lipinski definition) is 1. The Bertz CT molecular complexity index is 203. The van der Waals surface area contributed by atoms with Crippen LogP contribution in [0.25, 0.3) is 0 Å². The molecule has 14 heavy (non-hydrogen) atoms. The first-order chi connectivity index (χ1) is 6.51. The predicted octanol–water partition coefficient (Wildman–Crippen LogP) is 4.32. The molecule has 2 heteroatoms. The maximum atomic E-state index is 6.09. The van der Waals surface area contributed by atoms with E-state index in [-0.39, 0.29) is 0 Å². The standard InChI is InChI=1S/C12H24OSi/c1-5-11-8-6-7-9-12(10-11)13-14(2,3)4/h10-11H,5-9H2,1-4H3. The molecule has 1 nitrogen and oxygen atoms in total. The highest BCUT2D eigenvalue weighted by Crippen LogP contribution is 2.26. The van der Waals surface area contributed by atoms with Gasteiger partial charge in [-0.05, 0) is 50.9 Å². The van der Waals surface area contributed by atoms with Crippen molar-refractivity contribution >= 4 is 8.32 Å². The molecule has 0 N–H and O–H groups in total. The Morgan fingerprint density at radius 3 is 2.64 bits per heavy atom. The van der Waals surface area contributed by atoms with E-state index in [0.29, 0.717) is 0 Å². The third-order valence-electron chi connectivity index (χ3n) is 2.63. The van der Waals surface area contributed by atoms with Crippen LogP contribution in [0.4, 0.5) is 0 Å². The predicted molar refractivity (Wildman–Crippen MR) is 64.8 cm³/mol. The van der Waals surface area contributed by atoms with Crippen LogP contribution < -0.4 is 0 Å². The van der Waals surface area contributed by atoms with E-state index >= 15 is 0 Å². The number of hydrogen-bond donors (Lipinski definition) is 0. The normalized spacial score (nSPS) is 24.0. The van der Waals surface area contributed by atoms with Gasteiger partial charge in [-0.2, -0.15) is 0 Å². The van der Waals surface area contributed by atoms with E-state index < -0.39 is 8.32 Å². The van der Waals surface area contributed by atoms with E-state index in [1.807, 2.05) is 0 Å². The SMILES string of the molecule is CCC1C=C(O[Si](C)(C)C)CCCC1. The zero-order valence-electron chi connectivity index (χ0n) is 10.1. The van der Waals surface area contributed by atoms with Crippen LogP contribution >= 0.6 is 0 Å². The van der Waals surface area contributed by atoms with E-state index in [0.717, 1.165) is 5.92 Å². The van der Waals surface area contributed by atoms with Crippen molar-refractivity contribution in [3.8, 4) is 0 Å². The molecule has 0 saturated carbocycles. The molecule has 0 saturated heterocycles. The summed E-state index contributed by atoms with van der Waals surface area (Å²) in [6.45, 7) is 9.07. The van der Waals surface area contributed by atoms with Crippen molar-refractivity contribution in [3.05, 3.63) is 11.8 Å². The van der Waals surface area contributed by atoms with Crippen LogP contribution in [0.1, 0.15) is 39.0 Å². The molecule has 1 aliphatic carbocycles. The fourth-order valence-electron chi connectivity index (χ4n) is 1.94. The van der Waals surface area contributed by atoms with Gasteiger partial charge in [-0.25, -0.2) is 0 Å². The van der Waals surface area contributed by atoms with Crippen LogP contribution in [0, 0.1) is 5.92 Å². The van der Waals surface area contributed by atoms with Gasteiger partial charge in [0.05, 0.1) is 5.76 Å². The molecule has 0 aromatic carbocycles. The van der Waals surface area contributed by atoms with Gasteiger partial charge in [0.1, 0.15) is 0 Å². The molecule has 1 rings (SSSR count). The summed E-state index contributed by atoms with van der Waals surface area (Å²) in [5.74, 6) is 2.05. The summed E-state index contributed by atoms with van der Waals surface area (Å²) in [4.78, 5) is 0. The van der Waals surface area contributed by atoms with Crippen LogP contribution in [0.15, 0.2) is 11.8 Å².